The molecule has 3 aromatic rings. The molecule has 2 aromatic carbocycles. The largest absolute Gasteiger partial charge is 0.352 e. The topological polar surface area (TPSA) is 68.2 Å². The highest BCUT2D eigenvalue weighted by Gasteiger charge is 2.13. The Morgan fingerprint density at radius 1 is 1.16 bits per heavy atom. The minimum absolute atomic E-state index is 0.00684. The number of carbonyl (C=O) groups is 2. The fourth-order valence-electron chi connectivity index (χ4n) is 3.02. The second-order valence-corrected chi connectivity index (χ2v) is 9.09. The Morgan fingerprint density at radius 2 is 1.84 bits per heavy atom. The zero-order valence-electron chi connectivity index (χ0n) is 18.2. The molecule has 7 heteroatoms. The number of nitrogens with one attached hydrogen (secondary N) is 1. The van der Waals surface area contributed by atoms with E-state index in [9.17, 15) is 14.4 Å². The van der Waals surface area contributed by atoms with E-state index in [0.717, 1.165) is 17.5 Å². The van der Waals surface area contributed by atoms with Crippen molar-refractivity contribution in [1.82, 2.24) is 9.88 Å². The van der Waals surface area contributed by atoms with Crippen molar-refractivity contribution in [3.8, 4) is 0 Å². The SMILES string of the molecule is CCC(C)NC(=O)Cn1c(=CC(=O)c2ccccc2Cl)sc(=Cc2ccc(C)cc2)c1=O. The van der Waals surface area contributed by atoms with Crippen LogP contribution in [0.2, 0.25) is 5.02 Å². The number of aromatic nitrogens is 1. The summed E-state index contributed by atoms with van der Waals surface area (Å²) in [4.78, 5) is 38.5. The molecule has 32 heavy (non-hydrogen) atoms. The lowest BCUT2D eigenvalue weighted by Crippen LogP contribution is -2.41. The molecule has 1 heterocycles. The monoisotopic (exact) mass is 468 g/mol. The van der Waals surface area contributed by atoms with Gasteiger partial charge >= 0.3 is 0 Å². The normalized spacial score (nSPS) is 13.2. The molecule has 0 fully saturated rings. The van der Waals surface area contributed by atoms with E-state index in [1.165, 1.54) is 22.0 Å². The van der Waals surface area contributed by atoms with Gasteiger partial charge in [0.2, 0.25) is 5.91 Å². The molecule has 5 nitrogen and oxygen atoms in total. The third-order valence-electron chi connectivity index (χ3n) is 5.03. The standard InChI is InChI=1S/C25H25ClN2O3S/c1-4-17(3)27-23(30)15-28-24(14-21(29)19-7-5-6-8-20(19)26)32-22(25(28)31)13-18-11-9-16(2)10-12-18/h5-14,17H,4,15H2,1-3H3,(H,27,30). The van der Waals surface area contributed by atoms with Gasteiger partial charge in [-0.1, -0.05) is 60.5 Å². The Kier molecular flexibility index (Phi) is 7.83. The number of benzene rings is 2. The van der Waals surface area contributed by atoms with Crippen molar-refractivity contribution < 1.29 is 9.59 Å². The summed E-state index contributed by atoms with van der Waals surface area (Å²) in [5.74, 6) is -0.601. The molecule has 0 radical (unpaired) electrons. The van der Waals surface area contributed by atoms with Gasteiger partial charge in [-0.3, -0.25) is 19.0 Å². The van der Waals surface area contributed by atoms with Crippen molar-refractivity contribution in [3.05, 3.63) is 89.8 Å². The Labute approximate surface area is 195 Å². The summed E-state index contributed by atoms with van der Waals surface area (Å²) >= 11 is 7.34. The third kappa shape index (κ3) is 5.84. The van der Waals surface area contributed by atoms with E-state index < -0.39 is 0 Å². The summed E-state index contributed by atoms with van der Waals surface area (Å²) in [6.07, 6.45) is 3.92. The molecular weight excluding hydrogens is 444 g/mol. The Morgan fingerprint density at radius 3 is 2.50 bits per heavy atom. The van der Waals surface area contributed by atoms with E-state index >= 15 is 0 Å². The van der Waals surface area contributed by atoms with Gasteiger partial charge in [-0.15, -0.1) is 11.3 Å². The van der Waals surface area contributed by atoms with Gasteiger partial charge in [0.05, 0.1) is 9.55 Å². The second kappa shape index (κ2) is 10.6. The summed E-state index contributed by atoms with van der Waals surface area (Å²) in [5, 5.41) is 3.20. The quantitative estimate of drug-likeness (QED) is 0.541. The van der Waals surface area contributed by atoms with E-state index in [1.807, 2.05) is 45.0 Å². The van der Waals surface area contributed by atoms with Crippen LogP contribution in [0, 0.1) is 6.92 Å². The number of thiazole rings is 1. The zero-order valence-corrected chi connectivity index (χ0v) is 19.8. The maximum atomic E-state index is 13.1. The highest BCUT2D eigenvalue weighted by molar-refractivity contribution is 7.07. The fraction of sp³-hybridized carbons (Fsp3) is 0.240. The van der Waals surface area contributed by atoms with Crippen LogP contribution in [0.15, 0.2) is 53.3 Å². The van der Waals surface area contributed by atoms with Gasteiger partial charge in [-0.2, -0.15) is 0 Å². The van der Waals surface area contributed by atoms with Gasteiger partial charge in [0.15, 0.2) is 5.78 Å². The number of carbonyl (C=O) groups excluding carboxylic acids is 2. The van der Waals surface area contributed by atoms with Crippen LogP contribution in [-0.4, -0.2) is 22.3 Å². The molecule has 1 N–H and O–H groups in total. The summed E-state index contributed by atoms with van der Waals surface area (Å²) in [7, 11) is 0. The number of aryl methyl sites for hydroxylation is 1. The molecule has 0 aliphatic rings. The van der Waals surface area contributed by atoms with Crippen molar-refractivity contribution in [2.75, 3.05) is 0 Å². The predicted molar refractivity (Wildman–Crippen MR) is 131 cm³/mol. The van der Waals surface area contributed by atoms with Gasteiger partial charge in [0.1, 0.15) is 11.2 Å². The van der Waals surface area contributed by atoms with Crippen LogP contribution in [0.5, 0.6) is 0 Å². The lowest BCUT2D eigenvalue weighted by atomic mass is 10.1. The second-order valence-electron chi connectivity index (χ2n) is 7.62. The Hall–Kier alpha value is -2.96. The average Bonchev–Trinajstić information content (AvgIpc) is 3.04. The number of hydrogen-bond acceptors (Lipinski definition) is 4. The van der Waals surface area contributed by atoms with Crippen LogP contribution >= 0.6 is 22.9 Å². The number of Topliss-reactive ketones (excluding diaryl/α,β-unsaturated/α-hetero) is 1. The first kappa shape index (κ1) is 23.7. The summed E-state index contributed by atoms with van der Waals surface area (Å²) in [6, 6.07) is 14.5. The highest BCUT2D eigenvalue weighted by Crippen LogP contribution is 2.15. The number of hydrogen-bond donors (Lipinski definition) is 1. The molecule has 0 saturated heterocycles. The molecule has 1 atom stereocenters. The number of ketones is 1. The van der Waals surface area contributed by atoms with Crippen molar-refractivity contribution >= 4 is 46.8 Å². The molecular formula is C25H25ClN2O3S. The van der Waals surface area contributed by atoms with E-state index in [-0.39, 0.29) is 29.8 Å². The molecule has 166 valence electrons. The van der Waals surface area contributed by atoms with Crippen molar-refractivity contribution in [3.63, 3.8) is 0 Å². The maximum absolute atomic E-state index is 13.1. The van der Waals surface area contributed by atoms with Crippen LogP contribution in [-0.2, 0) is 11.3 Å². The van der Waals surface area contributed by atoms with Crippen molar-refractivity contribution in [2.45, 2.75) is 39.8 Å². The molecule has 1 aromatic heterocycles. The van der Waals surface area contributed by atoms with Gasteiger partial charge in [0, 0.05) is 17.7 Å². The molecule has 0 bridgehead atoms. The van der Waals surface area contributed by atoms with E-state index in [1.54, 1.807) is 30.3 Å². The minimum Gasteiger partial charge on any atom is -0.352 e. The lowest BCUT2D eigenvalue weighted by Gasteiger charge is -2.11. The van der Waals surface area contributed by atoms with Crippen LogP contribution in [0.4, 0.5) is 0 Å². The Bertz CT molecular complexity index is 1310. The summed E-state index contributed by atoms with van der Waals surface area (Å²) < 4.78 is 2.19. The number of rotatable bonds is 7. The van der Waals surface area contributed by atoms with Gasteiger partial charge in [-0.05, 0) is 44.0 Å². The van der Waals surface area contributed by atoms with E-state index in [0.29, 0.717) is 19.8 Å². The molecule has 0 aliphatic heterocycles. The van der Waals surface area contributed by atoms with Crippen LogP contribution < -0.4 is 20.1 Å². The number of amides is 1. The lowest BCUT2D eigenvalue weighted by molar-refractivity contribution is -0.122. The van der Waals surface area contributed by atoms with Crippen molar-refractivity contribution in [2.24, 2.45) is 0 Å². The first-order chi connectivity index (χ1) is 15.3. The summed E-state index contributed by atoms with van der Waals surface area (Å²) in [6.45, 7) is 5.70. The molecule has 0 aliphatic carbocycles. The van der Waals surface area contributed by atoms with Crippen LogP contribution in [0.1, 0.15) is 41.8 Å². The first-order valence-corrected chi connectivity index (χ1v) is 11.6. The minimum atomic E-state index is -0.324. The van der Waals surface area contributed by atoms with Crippen LogP contribution in [0.25, 0.3) is 12.2 Å². The maximum Gasteiger partial charge on any atom is 0.269 e. The van der Waals surface area contributed by atoms with Gasteiger partial charge in [0.25, 0.3) is 5.56 Å². The zero-order chi connectivity index (χ0) is 23.3. The fourth-order valence-corrected chi connectivity index (χ4v) is 4.29. The molecule has 1 amide bonds. The smallest absolute Gasteiger partial charge is 0.269 e. The van der Waals surface area contributed by atoms with E-state index in [4.69, 9.17) is 11.6 Å². The Balaban J connectivity index is 2.10. The van der Waals surface area contributed by atoms with Gasteiger partial charge in [-0.25, -0.2) is 0 Å². The third-order valence-corrected chi connectivity index (χ3v) is 6.42. The van der Waals surface area contributed by atoms with Crippen LogP contribution in [0.3, 0.4) is 0 Å². The van der Waals surface area contributed by atoms with Crippen molar-refractivity contribution in [1.29, 1.82) is 0 Å². The highest BCUT2D eigenvalue weighted by atomic mass is 35.5. The molecule has 1 unspecified atom stereocenters. The van der Waals surface area contributed by atoms with E-state index in [2.05, 4.69) is 5.32 Å². The number of halogens is 1. The van der Waals surface area contributed by atoms with Gasteiger partial charge < -0.3 is 5.32 Å². The molecule has 3 rings (SSSR count). The molecule has 0 saturated carbocycles. The summed E-state index contributed by atoms with van der Waals surface area (Å²) in [5.41, 5.74) is 2.02. The first-order valence-electron chi connectivity index (χ1n) is 10.4. The number of nitrogens with zero attached hydrogens (tertiary/aromatic N) is 1. The molecule has 0 spiro atoms. The average molecular weight is 469 g/mol. The predicted octanol–water partition coefficient (Wildman–Crippen LogP) is 3.28.